The van der Waals surface area contributed by atoms with Gasteiger partial charge >= 0.3 is 0 Å². The molecule has 4 aromatic rings. The first-order valence-electron chi connectivity index (χ1n) is 10.6. The molecule has 0 aliphatic rings. The third kappa shape index (κ3) is 5.43. The molecule has 6 nitrogen and oxygen atoms in total. The lowest BCUT2D eigenvalue weighted by molar-refractivity contribution is 0.0955. The largest absolute Gasteiger partial charge is 0.493 e. The molecule has 0 bridgehead atoms. The minimum atomic E-state index is -3.94. The maximum atomic E-state index is 14.1. The Hall–Kier alpha value is -3.30. The van der Waals surface area contributed by atoms with E-state index < -0.39 is 15.7 Å². The number of pyridine rings is 1. The van der Waals surface area contributed by atoms with Crippen LogP contribution in [0.3, 0.4) is 0 Å². The fraction of sp³-hybridized carbons (Fsp3) is 0.200. The molecule has 2 aromatic carbocycles. The predicted molar refractivity (Wildman–Crippen MR) is 129 cm³/mol. The molecule has 2 aromatic heterocycles. The number of rotatable bonds is 8. The van der Waals surface area contributed by atoms with Crippen molar-refractivity contribution in [1.29, 1.82) is 0 Å². The molecule has 0 aliphatic heterocycles. The number of nitrogens with one attached hydrogen (secondary N) is 1. The summed E-state index contributed by atoms with van der Waals surface area (Å²) in [5.41, 5.74) is 0.732. The number of nitrogens with zero attached hydrogens (tertiary/aromatic N) is 1. The van der Waals surface area contributed by atoms with Crippen LogP contribution in [-0.4, -0.2) is 25.9 Å². The average Bonchev–Trinajstić information content (AvgIpc) is 3.26. The van der Waals surface area contributed by atoms with E-state index in [0.29, 0.717) is 11.5 Å². The fourth-order valence-electron chi connectivity index (χ4n) is 3.23. The summed E-state index contributed by atoms with van der Waals surface area (Å²) >= 11 is 1.36. The summed E-state index contributed by atoms with van der Waals surface area (Å²) in [5, 5.41) is 3.79. The number of hydrogen-bond acceptors (Lipinski definition) is 6. The molecule has 0 aliphatic carbocycles. The van der Waals surface area contributed by atoms with E-state index in [1.54, 1.807) is 24.5 Å². The van der Waals surface area contributed by atoms with Gasteiger partial charge in [0.05, 0.1) is 26.0 Å². The second-order valence-electron chi connectivity index (χ2n) is 8.18. The standard InChI is InChI=1S/C25H23FN2O4S2/c1-16(2)15-32-20-10-19(26)11-22(12-20)34(30,31)21-5-3-17(4-6-21)13-28-25(29)23-9-18-7-8-27-14-24(18)33-23/h3-12,14,16H,13,15H2,1-2H3,(H,28,29). The Kier molecular flexibility index (Phi) is 6.95. The first-order valence-corrected chi connectivity index (χ1v) is 12.9. The molecule has 0 fully saturated rings. The third-order valence-corrected chi connectivity index (χ3v) is 7.81. The fourth-order valence-corrected chi connectivity index (χ4v) is 5.48. The van der Waals surface area contributed by atoms with Crippen molar-refractivity contribution in [1.82, 2.24) is 10.3 Å². The quantitative estimate of drug-likeness (QED) is 0.359. The van der Waals surface area contributed by atoms with E-state index in [-0.39, 0.29) is 33.9 Å². The van der Waals surface area contributed by atoms with Crippen molar-refractivity contribution in [3.05, 3.63) is 83.2 Å². The van der Waals surface area contributed by atoms with Crippen molar-refractivity contribution < 1.29 is 22.3 Å². The van der Waals surface area contributed by atoms with E-state index in [9.17, 15) is 17.6 Å². The summed E-state index contributed by atoms with van der Waals surface area (Å²) in [6.07, 6.45) is 3.39. The smallest absolute Gasteiger partial charge is 0.261 e. The molecule has 0 radical (unpaired) electrons. The number of halogens is 1. The van der Waals surface area contributed by atoms with Gasteiger partial charge in [-0.2, -0.15) is 0 Å². The number of ether oxygens (including phenoxy) is 1. The SMILES string of the molecule is CC(C)COc1cc(F)cc(S(=O)(=O)c2ccc(CNC(=O)c3cc4ccncc4s3)cc2)c1. The normalized spacial score (nSPS) is 11.6. The maximum Gasteiger partial charge on any atom is 0.261 e. The molecule has 0 spiro atoms. The maximum absolute atomic E-state index is 14.1. The van der Waals surface area contributed by atoms with Gasteiger partial charge in [0.15, 0.2) is 0 Å². The van der Waals surface area contributed by atoms with Crippen LogP contribution in [0.4, 0.5) is 4.39 Å². The van der Waals surface area contributed by atoms with E-state index in [1.807, 2.05) is 26.0 Å². The summed E-state index contributed by atoms with van der Waals surface area (Å²) in [6, 6.07) is 13.3. The molecule has 176 valence electrons. The third-order valence-electron chi connectivity index (χ3n) is 4.97. The number of fused-ring (bicyclic) bond motifs is 1. The van der Waals surface area contributed by atoms with Crippen molar-refractivity contribution in [2.45, 2.75) is 30.2 Å². The van der Waals surface area contributed by atoms with Crippen molar-refractivity contribution in [3.63, 3.8) is 0 Å². The van der Waals surface area contributed by atoms with Gasteiger partial charge in [-0.3, -0.25) is 9.78 Å². The van der Waals surface area contributed by atoms with Crippen LogP contribution in [0.15, 0.2) is 76.8 Å². The molecular formula is C25H23FN2O4S2. The summed E-state index contributed by atoms with van der Waals surface area (Å²) in [5.74, 6) is -0.515. The molecule has 34 heavy (non-hydrogen) atoms. The Labute approximate surface area is 201 Å². The number of sulfone groups is 1. The van der Waals surface area contributed by atoms with E-state index in [4.69, 9.17) is 4.74 Å². The van der Waals surface area contributed by atoms with Gasteiger partial charge in [-0.15, -0.1) is 11.3 Å². The summed E-state index contributed by atoms with van der Waals surface area (Å²) in [6.45, 7) is 4.47. The zero-order valence-corrected chi connectivity index (χ0v) is 20.3. The Bertz CT molecular complexity index is 1400. The highest BCUT2D eigenvalue weighted by Gasteiger charge is 2.20. The summed E-state index contributed by atoms with van der Waals surface area (Å²) in [7, 11) is -3.94. The molecule has 2 heterocycles. The highest BCUT2D eigenvalue weighted by Crippen LogP contribution is 2.27. The van der Waals surface area contributed by atoms with Crippen molar-refractivity contribution in [2.24, 2.45) is 5.92 Å². The average molecular weight is 499 g/mol. The molecule has 1 N–H and O–H groups in total. The van der Waals surface area contributed by atoms with Crippen LogP contribution in [0.25, 0.3) is 10.1 Å². The Morgan fingerprint density at radius 1 is 1.09 bits per heavy atom. The second-order valence-corrected chi connectivity index (χ2v) is 11.2. The van der Waals surface area contributed by atoms with E-state index in [1.165, 1.54) is 35.6 Å². The zero-order valence-electron chi connectivity index (χ0n) is 18.6. The molecule has 0 saturated heterocycles. The molecule has 0 unspecified atom stereocenters. The first kappa shape index (κ1) is 23.8. The van der Waals surface area contributed by atoms with Crippen LogP contribution in [0, 0.1) is 11.7 Å². The van der Waals surface area contributed by atoms with Gasteiger partial charge in [-0.25, -0.2) is 12.8 Å². The van der Waals surface area contributed by atoms with Crippen LogP contribution >= 0.6 is 11.3 Å². The molecular weight excluding hydrogens is 475 g/mol. The highest BCUT2D eigenvalue weighted by atomic mass is 32.2. The van der Waals surface area contributed by atoms with E-state index in [2.05, 4.69) is 10.3 Å². The molecule has 9 heteroatoms. The van der Waals surface area contributed by atoms with Gasteiger partial charge in [0.25, 0.3) is 5.91 Å². The van der Waals surface area contributed by atoms with Gasteiger partial charge < -0.3 is 10.1 Å². The van der Waals surface area contributed by atoms with Crippen LogP contribution < -0.4 is 10.1 Å². The minimum Gasteiger partial charge on any atom is -0.493 e. The molecule has 1 amide bonds. The Morgan fingerprint density at radius 2 is 1.85 bits per heavy atom. The van der Waals surface area contributed by atoms with E-state index in [0.717, 1.165) is 21.7 Å². The van der Waals surface area contributed by atoms with Crippen molar-refractivity contribution >= 4 is 37.2 Å². The Morgan fingerprint density at radius 3 is 2.56 bits per heavy atom. The number of benzene rings is 2. The van der Waals surface area contributed by atoms with Crippen LogP contribution in [0.5, 0.6) is 5.75 Å². The van der Waals surface area contributed by atoms with Gasteiger partial charge in [-0.05, 0) is 53.3 Å². The number of thiophene rings is 1. The number of hydrogen-bond donors (Lipinski definition) is 1. The van der Waals surface area contributed by atoms with Crippen molar-refractivity contribution in [3.8, 4) is 5.75 Å². The summed E-state index contributed by atoms with van der Waals surface area (Å²) < 4.78 is 46.5. The number of aromatic nitrogens is 1. The minimum absolute atomic E-state index is 0.0278. The molecule has 0 saturated carbocycles. The van der Waals surface area contributed by atoms with Crippen molar-refractivity contribution in [2.75, 3.05) is 6.61 Å². The number of amides is 1. The number of carbonyl (C=O) groups is 1. The van der Waals surface area contributed by atoms with Gasteiger partial charge in [0, 0.05) is 25.0 Å². The van der Waals surface area contributed by atoms with Crippen LogP contribution in [-0.2, 0) is 16.4 Å². The van der Waals surface area contributed by atoms with E-state index >= 15 is 0 Å². The second kappa shape index (κ2) is 9.90. The van der Waals surface area contributed by atoms with Crippen LogP contribution in [0.1, 0.15) is 29.1 Å². The topological polar surface area (TPSA) is 85.4 Å². The van der Waals surface area contributed by atoms with Gasteiger partial charge in [-0.1, -0.05) is 26.0 Å². The lowest BCUT2D eigenvalue weighted by Gasteiger charge is -2.11. The van der Waals surface area contributed by atoms with Crippen LogP contribution in [0.2, 0.25) is 0 Å². The lowest BCUT2D eigenvalue weighted by atomic mass is 10.2. The molecule has 4 rings (SSSR count). The zero-order chi connectivity index (χ0) is 24.3. The molecule has 0 atom stereocenters. The lowest BCUT2D eigenvalue weighted by Crippen LogP contribution is -2.21. The van der Waals surface area contributed by atoms with Gasteiger partial charge in [0.2, 0.25) is 9.84 Å². The van der Waals surface area contributed by atoms with Gasteiger partial charge in [0.1, 0.15) is 11.6 Å². The monoisotopic (exact) mass is 498 g/mol. The predicted octanol–water partition coefficient (Wildman–Crippen LogP) is 5.23. The Balaban J connectivity index is 1.45. The highest BCUT2D eigenvalue weighted by molar-refractivity contribution is 7.91. The first-order chi connectivity index (χ1) is 16.2. The summed E-state index contributed by atoms with van der Waals surface area (Å²) in [4.78, 5) is 17.0. The number of carbonyl (C=O) groups excluding carboxylic acids is 1.